The Labute approximate surface area is 195 Å². The summed E-state index contributed by atoms with van der Waals surface area (Å²) in [4.78, 5) is 25.3. The highest BCUT2D eigenvalue weighted by molar-refractivity contribution is 8.15. The lowest BCUT2D eigenvalue weighted by molar-refractivity contribution is -0.118. The van der Waals surface area contributed by atoms with Crippen LogP contribution in [0.4, 0.5) is 9.18 Å². The van der Waals surface area contributed by atoms with E-state index in [0.717, 1.165) is 35.2 Å². The first-order valence-electron chi connectivity index (χ1n) is 10.4. The van der Waals surface area contributed by atoms with Crippen molar-refractivity contribution >= 4 is 34.5 Å². The van der Waals surface area contributed by atoms with E-state index in [-0.39, 0.29) is 33.6 Å². The molecule has 3 atom stereocenters. The number of nitrogens with one attached hydrogen (secondary N) is 1. The molecule has 1 N–H and O–H groups in total. The van der Waals surface area contributed by atoms with Gasteiger partial charge in [0.15, 0.2) is 0 Å². The van der Waals surface area contributed by atoms with Crippen LogP contribution in [0.15, 0.2) is 42.5 Å². The molecule has 2 heterocycles. The molecule has 0 aromatic heterocycles. The third kappa shape index (κ3) is 5.61. The van der Waals surface area contributed by atoms with Gasteiger partial charge in [0.25, 0.3) is 5.24 Å². The Bertz CT molecular complexity index is 990. The lowest BCUT2D eigenvalue weighted by atomic mass is 10.1. The molecule has 3 unspecified atom stereocenters. The highest BCUT2D eigenvalue weighted by Crippen LogP contribution is 2.27. The molecule has 2 saturated heterocycles. The normalized spacial score (nSPS) is 22.6. The first kappa shape index (κ1) is 23.0. The molecule has 0 saturated carbocycles. The van der Waals surface area contributed by atoms with Crippen molar-refractivity contribution < 1.29 is 23.5 Å². The standard InChI is InChI=1S/C23H24ClFN2O4S/c1-14(27-8-9-30-20(12-27)16-4-7-19(25)18(24)11-16)13-31-17-5-2-15(3-6-17)10-21-22(28)26-23(29)32-21/h2-7,11,14,20-21H,8-10,12-13H2,1H3,(H,26,28,29). The van der Waals surface area contributed by atoms with Gasteiger partial charge in [-0.25, -0.2) is 4.39 Å². The minimum Gasteiger partial charge on any atom is -0.492 e. The Morgan fingerprint density at radius 3 is 2.75 bits per heavy atom. The van der Waals surface area contributed by atoms with E-state index in [0.29, 0.717) is 26.2 Å². The molecular weight excluding hydrogens is 455 g/mol. The van der Waals surface area contributed by atoms with Gasteiger partial charge >= 0.3 is 0 Å². The van der Waals surface area contributed by atoms with E-state index in [1.807, 2.05) is 24.3 Å². The number of carbonyl (C=O) groups is 2. The maximum absolute atomic E-state index is 13.5. The summed E-state index contributed by atoms with van der Waals surface area (Å²) >= 11 is 6.95. The van der Waals surface area contributed by atoms with Crippen molar-refractivity contribution in [2.24, 2.45) is 0 Å². The molecule has 0 bridgehead atoms. The van der Waals surface area contributed by atoms with Crippen LogP contribution in [0.5, 0.6) is 5.75 Å². The number of carbonyl (C=O) groups excluding carboxylic acids is 2. The number of imide groups is 1. The number of rotatable bonds is 7. The second kappa shape index (κ2) is 10.2. The van der Waals surface area contributed by atoms with Crippen molar-refractivity contribution in [3.63, 3.8) is 0 Å². The average molecular weight is 479 g/mol. The number of nitrogens with zero attached hydrogens (tertiary/aromatic N) is 1. The summed E-state index contributed by atoms with van der Waals surface area (Å²) in [5.74, 6) is 0.0748. The van der Waals surface area contributed by atoms with E-state index in [1.54, 1.807) is 12.1 Å². The largest absolute Gasteiger partial charge is 0.492 e. The van der Waals surface area contributed by atoms with Crippen LogP contribution in [0.25, 0.3) is 0 Å². The fourth-order valence-corrected chi connectivity index (χ4v) is 4.82. The summed E-state index contributed by atoms with van der Waals surface area (Å²) in [5.41, 5.74) is 1.84. The first-order chi connectivity index (χ1) is 15.4. The number of hydrogen-bond acceptors (Lipinski definition) is 6. The van der Waals surface area contributed by atoms with Crippen LogP contribution >= 0.6 is 23.4 Å². The number of thioether (sulfide) groups is 1. The lowest BCUT2D eigenvalue weighted by Gasteiger charge is -2.37. The Morgan fingerprint density at radius 2 is 2.06 bits per heavy atom. The van der Waals surface area contributed by atoms with Gasteiger partial charge in [0, 0.05) is 19.1 Å². The van der Waals surface area contributed by atoms with Gasteiger partial charge in [-0.15, -0.1) is 0 Å². The Morgan fingerprint density at radius 1 is 1.28 bits per heavy atom. The van der Waals surface area contributed by atoms with Crippen molar-refractivity contribution in [3.8, 4) is 5.75 Å². The second-order valence-corrected chi connectivity index (χ2v) is 9.50. The summed E-state index contributed by atoms with van der Waals surface area (Å²) in [6.07, 6.45) is 0.336. The molecule has 2 amide bonds. The molecule has 0 aliphatic carbocycles. The second-order valence-electron chi connectivity index (χ2n) is 7.92. The van der Waals surface area contributed by atoms with Gasteiger partial charge in [-0.3, -0.25) is 19.8 Å². The monoisotopic (exact) mass is 478 g/mol. The zero-order valence-electron chi connectivity index (χ0n) is 17.6. The third-order valence-corrected chi connectivity index (χ3v) is 6.91. The molecule has 2 aromatic rings. The quantitative estimate of drug-likeness (QED) is 0.643. The minimum atomic E-state index is -0.436. The Kier molecular flexibility index (Phi) is 7.35. The van der Waals surface area contributed by atoms with Crippen LogP contribution in [-0.2, 0) is 16.0 Å². The minimum absolute atomic E-state index is 0.0989. The van der Waals surface area contributed by atoms with Gasteiger partial charge in [-0.05, 0) is 48.7 Å². The summed E-state index contributed by atoms with van der Waals surface area (Å²) in [7, 11) is 0. The van der Waals surface area contributed by atoms with Gasteiger partial charge in [-0.1, -0.05) is 41.6 Å². The average Bonchev–Trinajstić information content (AvgIpc) is 3.11. The van der Waals surface area contributed by atoms with Crippen molar-refractivity contribution in [2.75, 3.05) is 26.3 Å². The molecule has 2 fully saturated rings. The van der Waals surface area contributed by atoms with Crippen molar-refractivity contribution in [3.05, 3.63) is 64.4 Å². The smallest absolute Gasteiger partial charge is 0.286 e. The first-order valence-corrected chi connectivity index (χ1v) is 11.7. The fourth-order valence-electron chi connectivity index (χ4n) is 3.77. The van der Waals surface area contributed by atoms with E-state index in [1.165, 1.54) is 6.07 Å². The molecular formula is C23H24ClFN2O4S. The summed E-state index contributed by atoms with van der Waals surface area (Å²) in [6.45, 7) is 4.64. The highest BCUT2D eigenvalue weighted by Gasteiger charge is 2.31. The van der Waals surface area contributed by atoms with Gasteiger partial charge in [-0.2, -0.15) is 0 Å². The van der Waals surface area contributed by atoms with Crippen LogP contribution in [0.3, 0.4) is 0 Å². The molecule has 2 aliphatic rings. The molecule has 32 heavy (non-hydrogen) atoms. The van der Waals surface area contributed by atoms with Crippen molar-refractivity contribution in [1.29, 1.82) is 0 Å². The van der Waals surface area contributed by atoms with Crippen LogP contribution in [0, 0.1) is 5.82 Å². The number of ether oxygens (including phenoxy) is 2. The van der Waals surface area contributed by atoms with E-state index >= 15 is 0 Å². The Hall–Kier alpha value is -2.13. The fraction of sp³-hybridized carbons (Fsp3) is 0.391. The number of halogens is 2. The van der Waals surface area contributed by atoms with Crippen molar-refractivity contribution in [1.82, 2.24) is 10.2 Å². The molecule has 2 aromatic carbocycles. The number of morpholine rings is 1. The van der Waals surface area contributed by atoms with E-state index in [9.17, 15) is 14.0 Å². The van der Waals surface area contributed by atoms with E-state index in [4.69, 9.17) is 21.1 Å². The predicted octanol–water partition coefficient (Wildman–Crippen LogP) is 4.21. The van der Waals surface area contributed by atoms with Crippen LogP contribution < -0.4 is 10.1 Å². The van der Waals surface area contributed by atoms with Crippen molar-refractivity contribution in [2.45, 2.75) is 30.7 Å². The number of amides is 2. The van der Waals surface area contributed by atoms with E-state index < -0.39 is 5.82 Å². The van der Waals surface area contributed by atoms with E-state index in [2.05, 4.69) is 17.1 Å². The SMILES string of the molecule is CC(COc1ccc(CC2SC(=O)NC2=O)cc1)N1CCOC(c2ccc(F)c(Cl)c2)C1. The summed E-state index contributed by atoms with van der Waals surface area (Å²) in [5, 5.41) is 1.74. The molecule has 4 rings (SSSR count). The summed E-state index contributed by atoms with van der Waals surface area (Å²) < 4.78 is 25.3. The lowest BCUT2D eigenvalue weighted by Crippen LogP contribution is -2.45. The molecule has 2 aliphatic heterocycles. The maximum Gasteiger partial charge on any atom is 0.286 e. The van der Waals surface area contributed by atoms with Gasteiger partial charge < -0.3 is 9.47 Å². The van der Waals surface area contributed by atoms with Crippen LogP contribution in [-0.4, -0.2) is 53.6 Å². The zero-order chi connectivity index (χ0) is 22.7. The molecule has 0 radical (unpaired) electrons. The third-order valence-electron chi connectivity index (χ3n) is 5.64. The van der Waals surface area contributed by atoms with Gasteiger partial charge in [0.1, 0.15) is 18.2 Å². The van der Waals surface area contributed by atoms with Crippen LogP contribution in [0.2, 0.25) is 5.02 Å². The highest BCUT2D eigenvalue weighted by atomic mass is 35.5. The molecule has 0 spiro atoms. The predicted molar refractivity (Wildman–Crippen MR) is 122 cm³/mol. The van der Waals surface area contributed by atoms with Gasteiger partial charge in [0.05, 0.1) is 23.0 Å². The molecule has 170 valence electrons. The molecule has 6 nitrogen and oxygen atoms in total. The van der Waals surface area contributed by atoms with Gasteiger partial charge in [0.2, 0.25) is 5.91 Å². The van der Waals surface area contributed by atoms with Crippen LogP contribution in [0.1, 0.15) is 24.2 Å². The summed E-state index contributed by atoms with van der Waals surface area (Å²) in [6, 6.07) is 12.4. The Balaban J connectivity index is 1.28. The topological polar surface area (TPSA) is 67.9 Å². The zero-order valence-corrected chi connectivity index (χ0v) is 19.1. The maximum atomic E-state index is 13.5. The number of hydrogen-bond donors (Lipinski definition) is 1. The molecule has 9 heteroatoms. The number of benzene rings is 2.